The second-order valence-electron chi connectivity index (χ2n) is 5.21. The molecule has 0 aliphatic heterocycles. The van der Waals surface area contributed by atoms with Crippen LogP contribution in [0.5, 0.6) is 0 Å². The van der Waals surface area contributed by atoms with Crippen molar-refractivity contribution < 1.29 is 9.72 Å². The summed E-state index contributed by atoms with van der Waals surface area (Å²) in [5.41, 5.74) is 1.08. The molecule has 1 aromatic carbocycles. The maximum absolute atomic E-state index is 12.2. The summed E-state index contributed by atoms with van der Waals surface area (Å²) in [5, 5.41) is 14.3. The molecule has 0 saturated carbocycles. The molecule has 110 valence electrons. The van der Waals surface area contributed by atoms with E-state index in [0.29, 0.717) is 22.4 Å². The first-order valence-corrected chi connectivity index (χ1v) is 7.59. The van der Waals surface area contributed by atoms with Crippen LogP contribution in [0, 0.1) is 23.0 Å². The maximum Gasteiger partial charge on any atom is 0.269 e. The molecular formula is C14H19BrN2O3. The van der Waals surface area contributed by atoms with Gasteiger partial charge in [-0.1, -0.05) is 29.8 Å². The van der Waals surface area contributed by atoms with E-state index in [1.165, 1.54) is 18.2 Å². The van der Waals surface area contributed by atoms with Gasteiger partial charge in [0.15, 0.2) is 0 Å². The fourth-order valence-electron chi connectivity index (χ4n) is 2.01. The first-order chi connectivity index (χ1) is 9.35. The molecule has 6 heteroatoms. The van der Waals surface area contributed by atoms with Gasteiger partial charge in [-0.05, 0) is 30.9 Å². The minimum Gasteiger partial charge on any atom is -0.348 e. The Labute approximate surface area is 127 Å². The van der Waals surface area contributed by atoms with Crippen molar-refractivity contribution in [2.24, 2.45) is 5.92 Å². The molecule has 0 spiro atoms. The third-order valence-corrected chi connectivity index (χ3v) is 3.72. The molecule has 5 nitrogen and oxygen atoms in total. The summed E-state index contributed by atoms with van der Waals surface area (Å²) in [6.07, 6.45) is 0.878. The SMILES string of the molecule is Cc1cc([N+](=O)[O-])ccc1C(=O)NC(CBr)CC(C)C. The van der Waals surface area contributed by atoms with Crippen LogP contribution in [0.3, 0.4) is 0 Å². The number of hydrogen-bond acceptors (Lipinski definition) is 3. The van der Waals surface area contributed by atoms with Gasteiger partial charge < -0.3 is 5.32 Å². The van der Waals surface area contributed by atoms with Gasteiger partial charge in [0.2, 0.25) is 0 Å². The second kappa shape index (κ2) is 7.38. The molecule has 0 fully saturated rings. The predicted octanol–water partition coefficient (Wildman–Crippen LogP) is 3.44. The van der Waals surface area contributed by atoms with E-state index >= 15 is 0 Å². The number of amides is 1. The van der Waals surface area contributed by atoms with E-state index < -0.39 is 4.92 Å². The van der Waals surface area contributed by atoms with Crippen LogP contribution < -0.4 is 5.32 Å². The van der Waals surface area contributed by atoms with Crippen molar-refractivity contribution in [3.8, 4) is 0 Å². The van der Waals surface area contributed by atoms with E-state index in [-0.39, 0.29) is 17.6 Å². The zero-order valence-electron chi connectivity index (χ0n) is 11.9. The van der Waals surface area contributed by atoms with Gasteiger partial charge in [0, 0.05) is 29.1 Å². The monoisotopic (exact) mass is 342 g/mol. The van der Waals surface area contributed by atoms with Crippen LogP contribution in [-0.4, -0.2) is 22.2 Å². The Morgan fingerprint density at radius 3 is 2.55 bits per heavy atom. The molecule has 0 aliphatic carbocycles. The molecule has 0 bridgehead atoms. The van der Waals surface area contributed by atoms with Crippen LogP contribution in [0.2, 0.25) is 0 Å². The number of aryl methyl sites for hydroxylation is 1. The minimum absolute atomic E-state index is 0.00160. The molecule has 1 amide bonds. The molecule has 0 radical (unpaired) electrons. The molecule has 0 aliphatic rings. The number of rotatable bonds is 6. The number of carbonyl (C=O) groups excluding carboxylic acids is 1. The van der Waals surface area contributed by atoms with Gasteiger partial charge in [-0.2, -0.15) is 0 Å². The average Bonchev–Trinajstić information content (AvgIpc) is 2.36. The van der Waals surface area contributed by atoms with E-state index in [0.717, 1.165) is 6.42 Å². The van der Waals surface area contributed by atoms with Crippen LogP contribution in [0.25, 0.3) is 0 Å². The minimum atomic E-state index is -0.464. The molecular weight excluding hydrogens is 324 g/mol. The summed E-state index contributed by atoms with van der Waals surface area (Å²) < 4.78 is 0. The zero-order valence-corrected chi connectivity index (χ0v) is 13.4. The molecule has 0 aromatic heterocycles. The van der Waals surface area contributed by atoms with E-state index in [1.807, 2.05) is 0 Å². The van der Waals surface area contributed by atoms with Crippen molar-refractivity contribution in [2.45, 2.75) is 33.2 Å². The first kappa shape index (κ1) is 16.6. The Morgan fingerprint density at radius 2 is 2.10 bits per heavy atom. The number of nitro benzene ring substituents is 1. The Morgan fingerprint density at radius 1 is 1.45 bits per heavy atom. The summed E-state index contributed by atoms with van der Waals surface area (Å²) in [4.78, 5) is 22.4. The van der Waals surface area contributed by atoms with Gasteiger partial charge in [0.25, 0.3) is 11.6 Å². The first-order valence-electron chi connectivity index (χ1n) is 6.47. The van der Waals surface area contributed by atoms with Gasteiger partial charge in [0.05, 0.1) is 4.92 Å². The Balaban J connectivity index is 2.84. The maximum atomic E-state index is 12.2. The van der Waals surface area contributed by atoms with E-state index in [2.05, 4.69) is 35.1 Å². The standard InChI is InChI=1S/C14H19BrN2O3/c1-9(2)6-11(8-15)16-14(18)13-5-4-12(17(19)20)7-10(13)3/h4-5,7,9,11H,6,8H2,1-3H3,(H,16,18). The van der Waals surface area contributed by atoms with Crippen LogP contribution in [-0.2, 0) is 0 Å². The van der Waals surface area contributed by atoms with Gasteiger partial charge in [-0.25, -0.2) is 0 Å². The summed E-state index contributed by atoms with van der Waals surface area (Å²) in [6.45, 7) is 5.89. The number of nitrogens with zero attached hydrogens (tertiary/aromatic N) is 1. The number of nitrogens with one attached hydrogen (secondary N) is 1. The Kier molecular flexibility index (Phi) is 6.13. The number of nitro groups is 1. The lowest BCUT2D eigenvalue weighted by molar-refractivity contribution is -0.384. The quantitative estimate of drug-likeness (QED) is 0.489. The van der Waals surface area contributed by atoms with Crippen molar-refractivity contribution in [2.75, 3.05) is 5.33 Å². The molecule has 1 aromatic rings. The second-order valence-corrected chi connectivity index (χ2v) is 5.86. The lowest BCUT2D eigenvalue weighted by Gasteiger charge is -2.18. The van der Waals surface area contributed by atoms with Gasteiger partial charge in [0.1, 0.15) is 0 Å². The van der Waals surface area contributed by atoms with E-state index in [1.54, 1.807) is 6.92 Å². The molecule has 0 saturated heterocycles. The lowest BCUT2D eigenvalue weighted by Crippen LogP contribution is -2.37. The van der Waals surface area contributed by atoms with Crippen LogP contribution >= 0.6 is 15.9 Å². The third kappa shape index (κ3) is 4.59. The highest BCUT2D eigenvalue weighted by molar-refractivity contribution is 9.09. The number of benzene rings is 1. The summed E-state index contributed by atoms with van der Waals surface area (Å²) in [7, 11) is 0. The molecule has 1 unspecified atom stereocenters. The number of halogens is 1. The van der Waals surface area contributed by atoms with E-state index in [9.17, 15) is 14.9 Å². The molecule has 1 N–H and O–H groups in total. The molecule has 1 rings (SSSR count). The highest BCUT2D eigenvalue weighted by Crippen LogP contribution is 2.17. The van der Waals surface area contributed by atoms with Gasteiger partial charge in [-0.15, -0.1) is 0 Å². The Bertz CT molecular complexity index is 503. The summed E-state index contributed by atoms with van der Waals surface area (Å²) in [6, 6.07) is 4.33. The number of non-ortho nitro benzene ring substituents is 1. The van der Waals surface area contributed by atoms with Crippen molar-refractivity contribution >= 4 is 27.5 Å². The zero-order chi connectivity index (χ0) is 15.3. The smallest absolute Gasteiger partial charge is 0.269 e. The summed E-state index contributed by atoms with van der Waals surface area (Å²) >= 11 is 3.39. The Hall–Kier alpha value is -1.43. The van der Waals surface area contributed by atoms with Crippen molar-refractivity contribution in [3.05, 3.63) is 39.4 Å². The van der Waals surface area contributed by atoms with E-state index in [4.69, 9.17) is 0 Å². The number of alkyl halides is 1. The van der Waals surface area contributed by atoms with Crippen LogP contribution in [0.4, 0.5) is 5.69 Å². The largest absolute Gasteiger partial charge is 0.348 e. The highest BCUT2D eigenvalue weighted by Gasteiger charge is 2.17. The van der Waals surface area contributed by atoms with Crippen molar-refractivity contribution in [1.29, 1.82) is 0 Å². The predicted molar refractivity (Wildman–Crippen MR) is 82.3 cm³/mol. The number of carbonyl (C=O) groups is 1. The molecule has 1 atom stereocenters. The van der Waals surface area contributed by atoms with Crippen LogP contribution in [0.1, 0.15) is 36.2 Å². The van der Waals surface area contributed by atoms with Crippen molar-refractivity contribution in [1.82, 2.24) is 5.32 Å². The fourth-order valence-corrected chi connectivity index (χ4v) is 2.44. The lowest BCUT2D eigenvalue weighted by atomic mass is 10.0. The average molecular weight is 343 g/mol. The topological polar surface area (TPSA) is 72.2 Å². The van der Waals surface area contributed by atoms with Crippen molar-refractivity contribution in [3.63, 3.8) is 0 Å². The molecule has 20 heavy (non-hydrogen) atoms. The summed E-state index contributed by atoms with van der Waals surface area (Å²) in [5.74, 6) is 0.290. The van der Waals surface area contributed by atoms with Gasteiger partial charge >= 0.3 is 0 Å². The molecule has 0 heterocycles. The van der Waals surface area contributed by atoms with Gasteiger partial charge in [-0.3, -0.25) is 14.9 Å². The van der Waals surface area contributed by atoms with Crippen LogP contribution in [0.15, 0.2) is 18.2 Å². The number of hydrogen-bond donors (Lipinski definition) is 1. The highest BCUT2D eigenvalue weighted by atomic mass is 79.9. The third-order valence-electron chi connectivity index (χ3n) is 2.94. The normalized spacial score (nSPS) is 12.2. The fraction of sp³-hybridized carbons (Fsp3) is 0.500.